The van der Waals surface area contributed by atoms with Gasteiger partial charge in [-0.15, -0.1) is 0 Å². The van der Waals surface area contributed by atoms with E-state index in [1.807, 2.05) is 30.0 Å². The third kappa shape index (κ3) is 3.55. The van der Waals surface area contributed by atoms with Crippen molar-refractivity contribution in [1.29, 1.82) is 0 Å². The summed E-state index contributed by atoms with van der Waals surface area (Å²) in [5.41, 5.74) is 0.894. The van der Waals surface area contributed by atoms with Gasteiger partial charge in [0.05, 0.1) is 11.6 Å². The molecule has 1 N–H and O–H groups in total. The highest BCUT2D eigenvalue weighted by Crippen LogP contribution is 2.32. The fourth-order valence-corrected chi connectivity index (χ4v) is 3.51. The molecule has 0 saturated carbocycles. The van der Waals surface area contributed by atoms with Gasteiger partial charge >= 0.3 is 0 Å². The minimum atomic E-state index is -0.301. The van der Waals surface area contributed by atoms with Gasteiger partial charge in [-0.1, -0.05) is 30.3 Å². The normalized spacial score (nSPS) is 23.6. The lowest BCUT2D eigenvalue weighted by molar-refractivity contribution is -0.163. The number of morpholine rings is 1. The van der Waals surface area contributed by atoms with Gasteiger partial charge in [0.15, 0.2) is 0 Å². The zero-order chi connectivity index (χ0) is 16.3. The average Bonchev–Trinajstić information content (AvgIpc) is 2.58. The third-order valence-corrected chi connectivity index (χ3v) is 5.09. The Balaban J connectivity index is 1.50. The number of ether oxygens (including phenoxy) is 1. The zero-order valence-electron chi connectivity index (χ0n) is 13.6. The number of hydrogen-bond acceptors (Lipinski definition) is 3. The Morgan fingerprint density at radius 3 is 2.65 bits per heavy atom. The van der Waals surface area contributed by atoms with Crippen molar-refractivity contribution >= 4 is 11.8 Å². The van der Waals surface area contributed by atoms with Crippen LogP contribution in [-0.4, -0.2) is 48.1 Å². The Kier molecular flexibility index (Phi) is 4.66. The summed E-state index contributed by atoms with van der Waals surface area (Å²) in [6.07, 6.45) is 2.89. The molecule has 1 aromatic carbocycles. The highest BCUT2D eigenvalue weighted by Gasteiger charge is 2.44. The van der Waals surface area contributed by atoms with Gasteiger partial charge in [0.1, 0.15) is 6.61 Å². The van der Waals surface area contributed by atoms with Crippen LogP contribution in [0.15, 0.2) is 30.3 Å². The average molecular weight is 316 g/mol. The number of rotatable bonds is 3. The lowest BCUT2D eigenvalue weighted by Gasteiger charge is -2.47. The first-order chi connectivity index (χ1) is 11.1. The van der Waals surface area contributed by atoms with Crippen LogP contribution < -0.4 is 5.32 Å². The summed E-state index contributed by atoms with van der Waals surface area (Å²) in [5.74, 6) is 0.153. The number of likely N-dealkylation sites (tertiary alicyclic amines) is 1. The number of benzene rings is 1. The van der Waals surface area contributed by atoms with E-state index in [0.29, 0.717) is 19.5 Å². The summed E-state index contributed by atoms with van der Waals surface area (Å²) in [7, 11) is 0. The van der Waals surface area contributed by atoms with Crippen LogP contribution >= 0.6 is 0 Å². The molecule has 2 heterocycles. The van der Waals surface area contributed by atoms with Crippen molar-refractivity contribution in [2.75, 3.05) is 19.7 Å². The van der Waals surface area contributed by atoms with Gasteiger partial charge in [-0.2, -0.15) is 0 Å². The Morgan fingerprint density at radius 1 is 1.30 bits per heavy atom. The quantitative estimate of drug-likeness (QED) is 0.920. The number of hydrogen-bond donors (Lipinski definition) is 1. The molecular weight excluding hydrogens is 292 g/mol. The van der Waals surface area contributed by atoms with Crippen molar-refractivity contribution in [3.8, 4) is 0 Å². The summed E-state index contributed by atoms with van der Waals surface area (Å²) < 4.78 is 5.84. The van der Waals surface area contributed by atoms with Crippen molar-refractivity contribution in [3.05, 3.63) is 35.9 Å². The van der Waals surface area contributed by atoms with E-state index in [4.69, 9.17) is 4.74 Å². The molecule has 1 unspecified atom stereocenters. The minimum absolute atomic E-state index is 0.00493. The van der Waals surface area contributed by atoms with Crippen LogP contribution in [0.4, 0.5) is 0 Å². The molecule has 2 fully saturated rings. The predicted octanol–water partition coefficient (Wildman–Crippen LogP) is 1.52. The van der Waals surface area contributed by atoms with Gasteiger partial charge in [0.2, 0.25) is 11.8 Å². The lowest BCUT2D eigenvalue weighted by atomic mass is 9.83. The number of piperidine rings is 1. The van der Waals surface area contributed by atoms with Gasteiger partial charge in [-0.3, -0.25) is 9.59 Å². The second-order valence-electron chi connectivity index (χ2n) is 6.51. The van der Waals surface area contributed by atoms with E-state index in [0.717, 1.165) is 19.3 Å². The fraction of sp³-hybridized carbons (Fsp3) is 0.556. The van der Waals surface area contributed by atoms with Crippen LogP contribution in [0.5, 0.6) is 0 Å². The Morgan fingerprint density at radius 2 is 2.00 bits per heavy atom. The number of nitrogens with one attached hydrogen (secondary N) is 1. The molecule has 2 aliphatic heterocycles. The number of carbonyl (C=O) groups excluding carboxylic acids is 2. The van der Waals surface area contributed by atoms with Crippen molar-refractivity contribution in [1.82, 2.24) is 10.2 Å². The van der Waals surface area contributed by atoms with E-state index in [1.54, 1.807) is 0 Å². The fourth-order valence-electron chi connectivity index (χ4n) is 3.51. The smallest absolute Gasteiger partial charge is 0.246 e. The summed E-state index contributed by atoms with van der Waals surface area (Å²) in [6.45, 7) is 3.53. The predicted molar refractivity (Wildman–Crippen MR) is 86.9 cm³/mol. The van der Waals surface area contributed by atoms with Crippen molar-refractivity contribution in [2.45, 2.75) is 44.2 Å². The van der Waals surface area contributed by atoms with Crippen molar-refractivity contribution in [3.63, 3.8) is 0 Å². The molecule has 1 atom stereocenters. The largest absolute Gasteiger partial charge is 0.363 e. The van der Waals surface area contributed by atoms with Crippen LogP contribution in [0.2, 0.25) is 0 Å². The number of nitrogens with zero attached hydrogens (tertiary/aromatic N) is 1. The van der Waals surface area contributed by atoms with E-state index < -0.39 is 0 Å². The van der Waals surface area contributed by atoms with Gasteiger partial charge in [-0.05, 0) is 31.7 Å². The highest BCUT2D eigenvalue weighted by atomic mass is 16.5. The molecule has 2 saturated heterocycles. The van der Waals surface area contributed by atoms with Crippen molar-refractivity contribution < 1.29 is 14.3 Å². The van der Waals surface area contributed by atoms with Crippen LogP contribution in [0, 0.1) is 0 Å². The summed E-state index contributed by atoms with van der Waals surface area (Å²) in [6, 6.07) is 10.1. The summed E-state index contributed by atoms with van der Waals surface area (Å²) in [5, 5.41) is 2.96. The van der Waals surface area contributed by atoms with Gasteiger partial charge in [-0.25, -0.2) is 0 Å². The number of amides is 2. The molecule has 0 aliphatic carbocycles. The molecule has 124 valence electrons. The SMILES string of the molecule is CC1NC(=O)COC12CCN(C(=O)CCc1ccccc1)CC2. The maximum Gasteiger partial charge on any atom is 0.246 e. The maximum absolute atomic E-state index is 12.4. The van der Waals surface area contributed by atoms with Crippen LogP contribution in [0.25, 0.3) is 0 Å². The standard InChI is InChI=1S/C18H24N2O3/c1-14-18(23-13-16(21)19-14)9-11-20(12-10-18)17(22)8-7-15-5-3-2-4-6-15/h2-6,14H,7-13H2,1H3,(H,19,21). The Hall–Kier alpha value is -1.88. The molecule has 23 heavy (non-hydrogen) atoms. The molecule has 5 heteroatoms. The second-order valence-corrected chi connectivity index (χ2v) is 6.51. The Labute approximate surface area is 137 Å². The molecule has 1 spiro atoms. The third-order valence-electron chi connectivity index (χ3n) is 5.09. The van der Waals surface area contributed by atoms with E-state index in [2.05, 4.69) is 17.4 Å². The topological polar surface area (TPSA) is 58.6 Å². The molecule has 0 bridgehead atoms. The van der Waals surface area contributed by atoms with Crippen LogP contribution in [-0.2, 0) is 20.7 Å². The summed E-state index contributed by atoms with van der Waals surface area (Å²) in [4.78, 5) is 25.7. The number of aryl methyl sites for hydroxylation is 1. The molecule has 0 aromatic heterocycles. The molecular formula is C18H24N2O3. The monoisotopic (exact) mass is 316 g/mol. The van der Waals surface area contributed by atoms with Crippen LogP contribution in [0.3, 0.4) is 0 Å². The van der Waals surface area contributed by atoms with Crippen LogP contribution in [0.1, 0.15) is 31.7 Å². The maximum atomic E-state index is 12.4. The van der Waals surface area contributed by atoms with Crippen molar-refractivity contribution in [2.24, 2.45) is 0 Å². The van der Waals surface area contributed by atoms with E-state index in [-0.39, 0.29) is 30.1 Å². The molecule has 2 amide bonds. The molecule has 5 nitrogen and oxygen atoms in total. The number of carbonyl (C=O) groups is 2. The van der Waals surface area contributed by atoms with Gasteiger partial charge in [0, 0.05) is 19.5 Å². The van der Waals surface area contributed by atoms with E-state index in [9.17, 15) is 9.59 Å². The molecule has 1 aromatic rings. The molecule has 2 aliphatic rings. The zero-order valence-corrected chi connectivity index (χ0v) is 13.6. The highest BCUT2D eigenvalue weighted by molar-refractivity contribution is 5.78. The van der Waals surface area contributed by atoms with Gasteiger partial charge < -0.3 is 15.0 Å². The first kappa shape index (κ1) is 16.0. The Bertz CT molecular complexity index is 565. The van der Waals surface area contributed by atoms with E-state index in [1.165, 1.54) is 5.56 Å². The molecule has 3 rings (SSSR count). The van der Waals surface area contributed by atoms with E-state index >= 15 is 0 Å². The second kappa shape index (κ2) is 6.71. The summed E-state index contributed by atoms with van der Waals surface area (Å²) >= 11 is 0. The minimum Gasteiger partial charge on any atom is -0.363 e. The molecule has 0 radical (unpaired) electrons. The first-order valence-corrected chi connectivity index (χ1v) is 8.34. The van der Waals surface area contributed by atoms with Gasteiger partial charge in [0.25, 0.3) is 0 Å². The lowest BCUT2D eigenvalue weighted by Crippen LogP contribution is -2.63. The first-order valence-electron chi connectivity index (χ1n) is 8.34.